The second-order valence-electron chi connectivity index (χ2n) is 7.56. The molecule has 0 saturated carbocycles. The number of rotatable bonds is 4. The fourth-order valence-electron chi connectivity index (χ4n) is 3.58. The van der Waals surface area contributed by atoms with E-state index in [1.54, 1.807) is 0 Å². The summed E-state index contributed by atoms with van der Waals surface area (Å²) in [5.41, 5.74) is -1.52. The molecule has 1 saturated heterocycles. The van der Waals surface area contributed by atoms with Crippen molar-refractivity contribution >= 4 is 21.6 Å². The third-order valence-corrected chi connectivity index (χ3v) is 7.63. The van der Waals surface area contributed by atoms with Crippen molar-refractivity contribution in [3.8, 4) is 0 Å². The molecule has 1 fully saturated rings. The Morgan fingerprint density at radius 1 is 1.22 bits per heavy atom. The molecule has 1 aliphatic heterocycles. The molecule has 2 amide bonds. The number of amides is 2. The number of aromatic nitrogens is 3. The molecule has 1 aliphatic rings. The average Bonchev–Trinajstić information content (AvgIpc) is 3.11. The molecule has 3 rings (SSSR count). The molecule has 0 spiro atoms. The van der Waals surface area contributed by atoms with Crippen molar-refractivity contribution < 1.29 is 35.2 Å². The second kappa shape index (κ2) is 8.30. The van der Waals surface area contributed by atoms with Crippen molar-refractivity contribution in [3.05, 3.63) is 36.2 Å². The van der Waals surface area contributed by atoms with E-state index in [1.165, 1.54) is 11.0 Å². The monoisotopic (exact) mass is 481 g/mol. The van der Waals surface area contributed by atoms with Crippen LogP contribution in [0, 0.1) is 11.9 Å². The van der Waals surface area contributed by atoms with Gasteiger partial charge in [0.1, 0.15) is 4.90 Å². The van der Waals surface area contributed by atoms with E-state index in [1.807, 2.05) is 0 Å². The van der Waals surface area contributed by atoms with Crippen LogP contribution < -0.4 is 5.32 Å². The lowest BCUT2D eigenvalue weighted by molar-refractivity contribution is -0.143. The highest BCUT2D eigenvalue weighted by molar-refractivity contribution is 7.92. The molecule has 8 nitrogen and oxygen atoms in total. The van der Waals surface area contributed by atoms with Crippen LogP contribution in [0.25, 0.3) is 0 Å². The highest BCUT2D eigenvalue weighted by Crippen LogP contribution is 2.43. The second-order valence-corrected chi connectivity index (χ2v) is 9.81. The van der Waals surface area contributed by atoms with E-state index in [2.05, 4.69) is 15.4 Å². The summed E-state index contributed by atoms with van der Waals surface area (Å²) in [6, 6.07) is 1.76. The summed E-state index contributed by atoms with van der Waals surface area (Å²) in [4.78, 5) is 15.8. The first kappa shape index (κ1) is 23.9. The average molecular weight is 481 g/mol. The summed E-state index contributed by atoms with van der Waals surface area (Å²) in [5.74, 6) is -1.95. The molecule has 1 unspecified atom stereocenters. The van der Waals surface area contributed by atoms with Gasteiger partial charge in [0.25, 0.3) is 0 Å². The largest absolute Gasteiger partial charge is 0.436 e. The molecule has 32 heavy (non-hydrogen) atoms. The van der Waals surface area contributed by atoms with Gasteiger partial charge in [-0.25, -0.2) is 22.6 Å². The molecule has 0 radical (unpaired) electrons. The standard InChI is InChI=1S/C18H20F5N5O3S/c1-17(20,32(30,31)13-10-27(2)26-15(13)18(21,22)23)11-4-7-28(8-5-11)16(29)25-12-3-6-24-14(19)9-12/h3,6,9-11H,4-5,7-8H2,1-2H3,(H,24,25,29). The molecule has 176 valence electrons. The van der Waals surface area contributed by atoms with Gasteiger partial charge in [-0.15, -0.1) is 0 Å². The predicted molar refractivity (Wildman–Crippen MR) is 102 cm³/mol. The SMILES string of the molecule is Cn1cc(S(=O)(=O)C(C)(F)C2CCN(C(=O)Nc3ccnc(F)c3)CC2)c(C(F)(F)F)n1. The minimum absolute atomic E-state index is 0.0434. The Bertz CT molecular complexity index is 1110. The summed E-state index contributed by atoms with van der Waals surface area (Å²) in [7, 11) is -3.95. The number of carbonyl (C=O) groups excluding carboxylic acids is 1. The van der Waals surface area contributed by atoms with Gasteiger partial charge in [-0.05, 0) is 25.8 Å². The number of aryl methyl sites for hydroxylation is 1. The zero-order valence-electron chi connectivity index (χ0n) is 17.0. The number of likely N-dealkylation sites (tertiary alicyclic amines) is 1. The Balaban J connectivity index is 1.74. The number of anilines is 1. The lowest BCUT2D eigenvalue weighted by Gasteiger charge is -2.37. The predicted octanol–water partition coefficient (Wildman–Crippen LogP) is 3.38. The summed E-state index contributed by atoms with van der Waals surface area (Å²) < 4.78 is 94.8. The van der Waals surface area contributed by atoms with Crippen LogP contribution in [0.3, 0.4) is 0 Å². The molecular formula is C18H20F5N5O3S. The van der Waals surface area contributed by atoms with E-state index in [0.29, 0.717) is 10.9 Å². The summed E-state index contributed by atoms with van der Waals surface area (Å²) in [5, 5.41) is 2.57. The molecule has 1 atom stereocenters. The van der Waals surface area contributed by atoms with Gasteiger partial charge in [0.2, 0.25) is 20.8 Å². The van der Waals surface area contributed by atoms with Crippen molar-refractivity contribution in [2.45, 2.75) is 35.8 Å². The van der Waals surface area contributed by atoms with E-state index in [9.17, 15) is 30.8 Å². The Morgan fingerprint density at radius 3 is 2.41 bits per heavy atom. The van der Waals surface area contributed by atoms with Gasteiger partial charge in [0.05, 0.1) is 0 Å². The highest BCUT2D eigenvalue weighted by atomic mass is 32.2. The topological polar surface area (TPSA) is 97.2 Å². The van der Waals surface area contributed by atoms with E-state index in [-0.39, 0.29) is 31.6 Å². The van der Waals surface area contributed by atoms with Gasteiger partial charge in [-0.3, -0.25) is 4.68 Å². The number of sulfone groups is 1. The molecule has 0 aliphatic carbocycles. The van der Waals surface area contributed by atoms with Crippen molar-refractivity contribution in [2.75, 3.05) is 18.4 Å². The van der Waals surface area contributed by atoms with Crippen LogP contribution in [0.4, 0.5) is 32.4 Å². The molecule has 1 N–H and O–H groups in total. The minimum Gasteiger partial charge on any atom is -0.325 e. The Kier molecular flexibility index (Phi) is 6.19. The van der Waals surface area contributed by atoms with Crippen molar-refractivity contribution in [1.29, 1.82) is 0 Å². The third kappa shape index (κ3) is 4.54. The number of nitrogens with one attached hydrogen (secondary N) is 1. The molecular weight excluding hydrogens is 461 g/mol. The van der Waals surface area contributed by atoms with Gasteiger partial charge >= 0.3 is 12.2 Å². The number of carbonyl (C=O) groups is 1. The molecule has 0 bridgehead atoms. The number of piperidine rings is 1. The smallest absolute Gasteiger partial charge is 0.325 e. The normalized spacial score (nSPS) is 17.8. The van der Waals surface area contributed by atoms with Gasteiger partial charge in [-0.1, -0.05) is 0 Å². The Labute approximate surface area is 180 Å². The van der Waals surface area contributed by atoms with Crippen molar-refractivity contribution in [1.82, 2.24) is 19.7 Å². The number of alkyl halides is 4. The fraction of sp³-hybridized carbons (Fsp3) is 0.500. The number of halogens is 5. The van der Waals surface area contributed by atoms with Crippen LogP contribution in [-0.2, 0) is 23.1 Å². The molecule has 14 heteroatoms. The summed E-state index contributed by atoms with van der Waals surface area (Å²) >= 11 is 0. The van der Waals surface area contributed by atoms with Crippen LogP contribution in [0.1, 0.15) is 25.5 Å². The van der Waals surface area contributed by atoms with Crippen LogP contribution in [0.5, 0.6) is 0 Å². The quantitative estimate of drug-likeness (QED) is 0.534. The fourth-order valence-corrected chi connectivity index (χ4v) is 5.38. The molecule has 2 aromatic rings. The number of hydrogen-bond acceptors (Lipinski definition) is 5. The molecule has 3 heterocycles. The number of pyridine rings is 1. The van der Waals surface area contributed by atoms with Crippen LogP contribution >= 0.6 is 0 Å². The van der Waals surface area contributed by atoms with E-state index in [4.69, 9.17) is 0 Å². The van der Waals surface area contributed by atoms with Gasteiger partial charge in [0.15, 0.2) is 5.69 Å². The van der Waals surface area contributed by atoms with Crippen LogP contribution in [-0.4, -0.2) is 52.2 Å². The minimum atomic E-state index is -5.08. The number of nitrogens with zero attached hydrogens (tertiary/aromatic N) is 4. The number of hydrogen-bond donors (Lipinski definition) is 1. The first-order valence-electron chi connectivity index (χ1n) is 9.45. The lowest BCUT2D eigenvalue weighted by Crippen LogP contribution is -2.48. The maximum Gasteiger partial charge on any atom is 0.436 e. The van der Waals surface area contributed by atoms with Crippen LogP contribution in [0.15, 0.2) is 29.4 Å². The maximum absolute atomic E-state index is 15.6. The number of urea groups is 1. The van der Waals surface area contributed by atoms with Crippen molar-refractivity contribution in [2.24, 2.45) is 13.0 Å². The van der Waals surface area contributed by atoms with Crippen molar-refractivity contribution in [3.63, 3.8) is 0 Å². The van der Waals surface area contributed by atoms with Gasteiger partial charge in [-0.2, -0.15) is 22.7 Å². The maximum atomic E-state index is 15.6. The molecule has 0 aromatic carbocycles. The van der Waals surface area contributed by atoms with E-state index in [0.717, 1.165) is 26.2 Å². The first-order valence-corrected chi connectivity index (χ1v) is 10.9. The first-order chi connectivity index (χ1) is 14.7. The summed E-state index contributed by atoms with van der Waals surface area (Å²) in [6.45, 7) is 0.645. The van der Waals surface area contributed by atoms with Crippen LogP contribution in [0.2, 0.25) is 0 Å². The summed E-state index contributed by atoms with van der Waals surface area (Å²) in [6.07, 6.45) is -3.50. The van der Waals surface area contributed by atoms with Gasteiger partial charge < -0.3 is 10.2 Å². The third-order valence-electron chi connectivity index (χ3n) is 5.37. The highest BCUT2D eigenvalue weighted by Gasteiger charge is 2.52. The Hall–Kier alpha value is -2.77. The Morgan fingerprint density at radius 2 is 1.84 bits per heavy atom. The molecule has 2 aromatic heterocycles. The zero-order chi connectivity index (χ0) is 23.9. The van der Waals surface area contributed by atoms with Gasteiger partial charge in [0, 0.05) is 50.2 Å². The zero-order valence-corrected chi connectivity index (χ0v) is 17.8. The lowest BCUT2D eigenvalue weighted by atomic mass is 9.92. The van der Waals surface area contributed by atoms with E-state index >= 15 is 4.39 Å². The van der Waals surface area contributed by atoms with E-state index < -0.39 is 49.5 Å².